The van der Waals surface area contributed by atoms with E-state index in [4.69, 9.17) is 5.11 Å². The normalized spacial score (nSPS) is 10.2. The smallest absolute Gasteiger partial charge is 0.338 e. The number of carbonyl (C=O) groups excluding carboxylic acids is 1. The number of rotatable bonds is 5. The lowest BCUT2D eigenvalue weighted by Crippen LogP contribution is -2.30. The maximum absolute atomic E-state index is 11.6. The number of nitrogens with zero attached hydrogens (tertiary/aromatic N) is 2. The van der Waals surface area contributed by atoms with Gasteiger partial charge in [-0.3, -0.25) is 10.00 Å². The molecule has 20 heavy (non-hydrogen) atoms. The van der Waals surface area contributed by atoms with Crippen molar-refractivity contribution < 1.29 is 14.7 Å². The third kappa shape index (κ3) is 3.58. The van der Waals surface area contributed by atoms with Crippen LogP contribution in [0.2, 0.25) is 0 Å². The van der Waals surface area contributed by atoms with E-state index in [1.165, 1.54) is 17.4 Å². The first kappa shape index (κ1) is 14.1. The summed E-state index contributed by atoms with van der Waals surface area (Å²) < 4.78 is 1.69. The predicted octanol–water partition coefficient (Wildman–Crippen LogP) is 1.54. The Kier molecular flexibility index (Phi) is 4.36. The molecule has 0 atom stereocenters. The van der Waals surface area contributed by atoms with Crippen LogP contribution in [0, 0.1) is 0 Å². The molecule has 8 heteroatoms. The predicted molar refractivity (Wildman–Crippen MR) is 75.2 cm³/mol. The second-order valence-electron chi connectivity index (χ2n) is 4.08. The van der Waals surface area contributed by atoms with Gasteiger partial charge in [0.1, 0.15) is 5.00 Å². The Balaban J connectivity index is 1.80. The highest BCUT2D eigenvalue weighted by Gasteiger charge is 2.13. The zero-order valence-corrected chi connectivity index (χ0v) is 11.6. The number of aromatic nitrogens is 2. The second kappa shape index (κ2) is 6.20. The van der Waals surface area contributed by atoms with E-state index in [2.05, 4.69) is 15.7 Å². The van der Waals surface area contributed by atoms with Gasteiger partial charge in [0.2, 0.25) is 0 Å². The molecule has 0 saturated carbocycles. The van der Waals surface area contributed by atoms with Crippen LogP contribution in [0.5, 0.6) is 0 Å². The van der Waals surface area contributed by atoms with Gasteiger partial charge in [0.25, 0.3) is 0 Å². The maximum atomic E-state index is 11.6. The van der Waals surface area contributed by atoms with Crippen molar-refractivity contribution in [1.29, 1.82) is 0 Å². The van der Waals surface area contributed by atoms with Gasteiger partial charge < -0.3 is 10.4 Å². The lowest BCUT2D eigenvalue weighted by Gasteiger charge is -2.06. The molecule has 0 aliphatic carbocycles. The summed E-state index contributed by atoms with van der Waals surface area (Å²) in [5, 5.41) is 20.2. The molecule has 0 aliphatic heterocycles. The third-order valence-electron chi connectivity index (χ3n) is 2.56. The van der Waals surface area contributed by atoms with Crippen molar-refractivity contribution in [2.75, 3.05) is 11.9 Å². The van der Waals surface area contributed by atoms with E-state index in [0.29, 0.717) is 18.0 Å². The quantitative estimate of drug-likeness (QED) is 0.779. The number of nitrogens with one attached hydrogen (secondary N) is 2. The molecule has 106 valence electrons. The molecule has 2 amide bonds. The molecular formula is C12H14N4O3S. The van der Waals surface area contributed by atoms with Crippen LogP contribution in [0.15, 0.2) is 23.7 Å². The minimum Gasteiger partial charge on any atom is -0.478 e. The van der Waals surface area contributed by atoms with E-state index in [1.54, 1.807) is 10.1 Å². The fourth-order valence-corrected chi connectivity index (χ4v) is 2.40. The van der Waals surface area contributed by atoms with Gasteiger partial charge in [-0.1, -0.05) is 0 Å². The standard InChI is InChI=1S/C12H14N4O3S/c1-16-6-3-8(15-16)2-5-13-12(19)14-10-9(11(17)18)4-7-20-10/h3-4,6-7H,2,5H2,1H3,(H,17,18)(H2,13,14,19). The summed E-state index contributed by atoms with van der Waals surface area (Å²) in [5.41, 5.74) is 0.977. The molecule has 0 radical (unpaired) electrons. The first-order valence-electron chi connectivity index (χ1n) is 5.90. The number of hydrogen-bond donors (Lipinski definition) is 3. The van der Waals surface area contributed by atoms with Crippen molar-refractivity contribution >= 4 is 28.3 Å². The van der Waals surface area contributed by atoms with Crippen LogP contribution in [0.4, 0.5) is 9.80 Å². The van der Waals surface area contributed by atoms with Crippen molar-refractivity contribution in [3.63, 3.8) is 0 Å². The number of carboxylic acid groups (broad SMARTS) is 1. The summed E-state index contributed by atoms with van der Waals surface area (Å²) in [6, 6.07) is 2.91. The summed E-state index contributed by atoms with van der Waals surface area (Å²) >= 11 is 1.17. The van der Waals surface area contributed by atoms with Crippen LogP contribution in [0.3, 0.4) is 0 Å². The topological polar surface area (TPSA) is 96.2 Å². The average Bonchev–Trinajstić information content (AvgIpc) is 2.98. The van der Waals surface area contributed by atoms with Gasteiger partial charge in [-0.05, 0) is 17.5 Å². The van der Waals surface area contributed by atoms with E-state index in [1.807, 2.05) is 19.3 Å². The monoisotopic (exact) mass is 294 g/mol. The molecule has 0 saturated heterocycles. The highest BCUT2D eigenvalue weighted by Crippen LogP contribution is 2.22. The number of urea groups is 1. The van der Waals surface area contributed by atoms with E-state index >= 15 is 0 Å². The second-order valence-corrected chi connectivity index (χ2v) is 5.00. The molecule has 2 heterocycles. The van der Waals surface area contributed by atoms with E-state index in [0.717, 1.165) is 5.69 Å². The first-order valence-corrected chi connectivity index (χ1v) is 6.78. The van der Waals surface area contributed by atoms with Gasteiger partial charge in [-0.2, -0.15) is 5.10 Å². The Morgan fingerprint density at radius 2 is 2.25 bits per heavy atom. The van der Waals surface area contributed by atoms with Gasteiger partial charge >= 0.3 is 12.0 Å². The number of thiophene rings is 1. The summed E-state index contributed by atoms with van der Waals surface area (Å²) in [7, 11) is 1.83. The fraction of sp³-hybridized carbons (Fsp3) is 0.250. The summed E-state index contributed by atoms with van der Waals surface area (Å²) in [4.78, 5) is 22.5. The molecular weight excluding hydrogens is 280 g/mol. The van der Waals surface area contributed by atoms with Crippen molar-refractivity contribution in [3.8, 4) is 0 Å². The SMILES string of the molecule is Cn1ccc(CCNC(=O)Nc2sccc2C(=O)O)n1. The minimum atomic E-state index is -1.06. The van der Waals surface area contributed by atoms with Crippen molar-refractivity contribution in [3.05, 3.63) is 35.0 Å². The highest BCUT2D eigenvalue weighted by atomic mass is 32.1. The fourth-order valence-electron chi connectivity index (χ4n) is 1.62. The maximum Gasteiger partial charge on any atom is 0.338 e. The third-order valence-corrected chi connectivity index (χ3v) is 3.39. The van der Waals surface area contributed by atoms with Gasteiger partial charge in [-0.15, -0.1) is 11.3 Å². The Morgan fingerprint density at radius 1 is 1.45 bits per heavy atom. The Labute approximate surface area is 119 Å². The van der Waals surface area contributed by atoms with Gasteiger partial charge in [0.15, 0.2) is 0 Å². The summed E-state index contributed by atoms with van der Waals surface area (Å²) in [6.45, 7) is 0.427. The molecule has 0 spiro atoms. The van der Waals surface area contributed by atoms with Crippen LogP contribution in [0.25, 0.3) is 0 Å². The Hall–Kier alpha value is -2.35. The number of carboxylic acids is 1. The molecule has 2 aromatic heterocycles. The number of anilines is 1. The number of hydrogen-bond acceptors (Lipinski definition) is 4. The van der Waals surface area contributed by atoms with Crippen LogP contribution in [0.1, 0.15) is 16.1 Å². The zero-order valence-electron chi connectivity index (χ0n) is 10.8. The van der Waals surface area contributed by atoms with Crippen molar-refractivity contribution in [1.82, 2.24) is 15.1 Å². The molecule has 0 fully saturated rings. The first-order chi connectivity index (χ1) is 9.56. The summed E-state index contributed by atoms with van der Waals surface area (Å²) in [6.07, 6.45) is 2.45. The molecule has 0 aliphatic rings. The highest BCUT2D eigenvalue weighted by molar-refractivity contribution is 7.14. The van der Waals surface area contributed by atoms with Gasteiger partial charge in [0, 0.05) is 26.2 Å². The van der Waals surface area contributed by atoms with E-state index in [9.17, 15) is 9.59 Å². The molecule has 0 aromatic carbocycles. The van der Waals surface area contributed by atoms with E-state index in [-0.39, 0.29) is 5.56 Å². The van der Waals surface area contributed by atoms with Gasteiger partial charge in [0.05, 0.1) is 11.3 Å². The number of amides is 2. The van der Waals surface area contributed by atoms with Crippen molar-refractivity contribution in [2.24, 2.45) is 7.05 Å². The largest absolute Gasteiger partial charge is 0.478 e. The lowest BCUT2D eigenvalue weighted by molar-refractivity contribution is 0.0698. The Morgan fingerprint density at radius 3 is 2.90 bits per heavy atom. The molecule has 0 bridgehead atoms. The van der Waals surface area contributed by atoms with Crippen LogP contribution < -0.4 is 10.6 Å². The molecule has 2 aromatic rings. The molecule has 3 N–H and O–H groups in total. The molecule has 0 unspecified atom stereocenters. The van der Waals surface area contributed by atoms with Crippen molar-refractivity contribution in [2.45, 2.75) is 6.42 Å². The van der Waals surface area contributed by atoms with Crippen LogP contribution in [-0.2, 0) is 13.5 Å². The minimum absolute atomic E-state index is 0.0925. The van der Waals surface area contributed by atoms with Gasteiger partial charge in [-0.25, -0.2) is 9.59 Å². The van der Waals surface area contributed by atoms with Crippen LogP contribution >= 0.6 is 11.3 Å². The molecule has 2 rings (SSSR count). The lowest BCUT2D eigenvalue weighted by atomic mass is 10.3. The number of aryl methyl sites for hydroxylation is 1. The number of carbonyl (C=O) groups is 2. The Bertz CT molecular complexity index is 620. The zero-order chi connectivity index (χ0) is 14.5. The van der Waals surface area contributed by atoms with E-state index < -0.39 is 12.0 Å². The summed E-state index contributed by atoms with van der Waals surface area (Å²) in [5.74, 6) is -1.06. The van der Waals surface area contributed by atoms with Crippen LogP contribution in [-0.4, -0.2) is 33.4 Å². The number of aromatic carboxylic acids is 1. The average molecular weight is 294 g/mol. The molecule has 7 nitrogen and oxygen atoms in total.